The Labute approximate surface area is 146 Å². The van der Waals surface area contributed by atoms with E-state index in [9.17, 15) is 4.79 Å². The van der Waals surface area contributed by atoms with E-state index in [1.165, 1.54) is 0 Å². The van der Waals surface area contributed by atoms with Crippen LogP contribution in [0.4, 0.5) is 0 Å². The summed E-state index contributed by atoms with van der Waals surface area (Å²) in [4.78, 5) is 11.6. The molecule has 2 N–H and O–H groups in total. The fraction of sp³-hybridized carbons (Fsp3) is 0.400. The minimum absolute atomic E-state index is 0.0430. The molecule has 0 heterocycles. The van der Waals surface area contributed by atoms with Crippen LogP contribution in [0.1, 0.15) is 18.4 Å². The molecule has 1 rings (SSSR count). The Balaban J connectivity index is 2.27. The van der Waals surface area contributed by atoms with Gasteiger partial charge in [-0.05, 0) is 0 Å². The van der Waals surface area contributed by atoms with Gasteiger partial charge in [-0.1, -0.05) is 0 Å². The van der Waals surface area contributed by atoms with Crippen molar-refractivity contribution in [3.63, 3.8) is 0 Å². The molecule has 0 amide bonds. The molecule has 1 aromatic rings. The number of rotatable bonds is 9. The molecule has 1 aromatic carbocycles. The number of carbonyl (C=O) groups excluding carboxylic acids is 1. The molecule has 0 aliphatic rings. The van der Waals surface area contributed by atoms with E-state index in [4.69, 9.17) is 30.2 Å². The number of halogens is 1. The number of alkyl halides is 1. The molecule has 0 aromatic heterocycles. The molecule has 0 spiro atoms. The number of hydrogen-bond acceptors (Lipinski definition) is 5. The van der Waals surface area contributed by atoms with Gasteiger partial charge in [0.15, 0.2) is 0 Å². The Morgan fingerprint density at radius 2 is 2.14 bits per heavy atom. The predicted octanol–water partition coefficient (Wildman–Crippen LogP) is 1.41. The SMILES string of the molecule is N#C[C@@H](N)CC[C](CCl)=[In][O]CC(=O)OCc1ccccc1. The molecule has 0 unspecified atom stereocenters. The number of benzene rings is 1. The number of nitriles is 1. The predicted molar refractivity (Wildman–Crippen MR) is 86.5 cm³/mol. The van der Waals surface area contributed by atoms with Gasteiger partial charge >= 0.3 is 147 Å². The van der Waals surface area contributed by atoms with Gasteiger partial charge in [0.2, 0.25) is 0 Å². The van der Waals surface area contributed by atoms with Crippen LogP contribution in [0.25, 0.3) is 0 Å². The van der Waals surface area contributed by atoms with Gasteiger partial charge in [0.05, 0.1) is 0 Å². The summed E-state index contributed by atoms with van der Waals surface area (Å²) >= 11 is 4.34. The van der Waals surface area contributed by atoms with Crippen LogP contribution in [-0.4, -0.2) is 50.6 Å². The Morgan fingerprint density at radius 1 is 1.41 bits per heavy atom. The summed E-state index contributed by atoms with van der Waals surface area (Å²) < 4.78 is 11.7. The summed E-state index contributed by atoms with van der Waals surface area (Å²) in [5, 5.41) is 8.63. The zero-order valence-corrected chi connectivity index (χ0v) is 16.3. The van der Waals surface area contributed by atoms with Crippen molar-refractivity contribution in [1.29, 1.82) is 5.26 Å². The van der Waals surface area contributed by atoms with E-state index in [2.05, 4.69) is 0 Å². The summed E-state index contributed by atoms with van der Waals surface area (Å²) in [6.45, 7) is 0.206. The number of carbonyl (C=O) groups is 1. The molecule has 22 heavy (non-hydrogen) atoms. The molecular weight excluding hydrogens is 406 g/mol. The average molecular weight is 425 g/mol. The quantitative estimate of drug-likeness (QED) is 0.479. The molecule has 0 fully saturated rings. The van der Waals surface area contributed by atoms with Crippen molar-refractivity contribution in [2.24, 2.45) is 5.73 Å². The topological polar surface area (TPSA) is 85.3 Å². The van der Waals surface area contributed by atoms with Crippen LogP contribution < -0.4 is 5.73 Å². The number of nitrogens with two attached hydrogens (primary N) is 1. The number of esters is 1. The maximum absolute atomic E-state index is 11.6. The Hall–Kier alpha value is -1.03. The van der Waals surface area contributed by atoms with E-state index in [1.54, 1.807) is 0 Å². The zero-order chi connectivity index (χ0) is 16.2. The summed E-state index contributed by atoms with van der Waals surface area (Å²) in [5.41, 5.74) is 6.48. The maximum atomic E-state index is 11.6. The molecule has 7 heteroatoms. The van der Waals surface area contributed by atoms with Crippen LogP contribution >= 0.6 is 11.6 Å². The van der Waals surface area contributed by atoms with Gasteiger partial charge in [-0.3, -0.25) is 0 Å². The molecule has 116 valence electrons. The molecule has 0 bridgehead atoms. The number of ether oxygens (including phenoxy) is 1. The van der Waals surface area contributed by atoms with E-state index in [1.807, 2.05) is 36.4 Å². The molecule has 1 atom stereocenters. The van der Waals surface area contributed by atoms with E-state index >= 15 is 0 Å². The summed E-state index contributed by atoms with van der Waals surface area (Å²) in [7, 11) is 0. The Bertz CT molecular complexity index is 531. The fourth-order valence-electron chi connectivity index (χ4n) is 1.57. The third-order valence-corrected chi connectivity index (χ3v) is 7.20. The second-order valence-electron chi connectivity index (χ2n) is 4.64. The van der Waals surface area contributed by atoms with Gasteiger partial charge < -0.3 is 0 Å². The molecule has 0 aliphatic carbocycles. The molecule has 0 aliphatic heterocycles. The molecule has 0 saturated heterocycles. The van der Waals surface area contributed by atoms with Gasteiger partial charge in [-0.2, -0.15) is 0 Å². The molecule has 5 nitrogen and oxygen atoms in total. The van der Waals surface area contributed by atoms with Gasteiger partial charge in [-0.15, -0.1) is 0 Å². The van der Waals surface area contributed by atoms with Gasteiger partial charge in [0.25, 0.3) is 0 Å². The average Bonchev–Trinajstić information content (AvgIpc) is 2.56. The fourth-order valence-corrected chi connectivity index (χ4v) is 4.42. The monoisotopic (exact) mass is 424 g/mol. The van der Waals surface area contributed by atoms with Gasteiger partial charge in [-0.25, -0.2) is 0 Å². The van der Waals surface area contributed by atoms with Crippen molar-refractivity contribution in [2.45, 2.75) is 25.5 Å². The summed E-state index contributed by atoms with van der Waals surface area (Å²) in [5.74, 6) is 0.0241. The number of nitrogens with zero attached hydrogens (tertiary/aromatic N) is 1. The molecular formula is C15H18ClInN2O3. The van der Waals surface area contributed by atoms with Crippen LogP contribution in [0.15, 0.2) is 30.3 Å². The minimum atomic E-state index is -1.51. The Kier molecular flexibility index (Phi) is 9.96. The van der Waals surface area contributed by atoms with E-state index in [0.717, 1.165) is 8.82 Å². The van der Waals surface area contributed by atoms with E-state index in [0.29, 0.717) is 18.7 Å². The van der Waals surface area contributed by atoms with Crippen LogP contribution in [0.2, 0.25) is 0 Å². The van der Waals surface area contributed by atoms with Crippen molar-refractivity contribution in [1.82, 2.24) is 0 Å². The van der Waals surface area contributed by atoms with Crippen molar-refractivity contribution in [3.8, 4) is 6.07 Å². The number of hydrogen-bond donors (Lipinski definition) is 1. The van der Waals surface area contributed by atoms with Gasteiger partial charge in [0.1, 0.15) is 0 Å². The second-order valence-corrected chi connectivity index (χ2v) is 8.86. The third kappa shape index (κ3) is 8.42. The summed E-state index contributed by atoms with van der Waals surface area (Å²) in [6.07, 6.45) is 1.27. The first-order valence-corrected chi connectivity index (χ1v) is 10.4. The summed E-state index contributed by atoms with van der Waals surface area (Å²) in [6, 6.07) is 11.0. The first-order valence-electron chi connectivity index (χ1n) is 6.86. The van der Waals surface area contributed by atoms with E-state index < -0.39 is 28.9 Å². The van der Waals surface area contributed by atoms with Crippen molar-refractivity contribution < 1.29 is 12.4 Å². The second kappa shape index (κ2) is 11.5. The first kappa shape index (κ1) is 19.0. The third-order valence-electron chi connectivity index (χ3n) is 2.81. The first-order chi connectivity index (χ1) is 10.7. The van der Waals surface area contributed by atoms with Crippen molar-refractivity contribution in [3.05, 3.63) is 35.9 Å². The van der Waals surface area contributed by atoms with Crippen LogP contribution in [0.3, 0.4) is 0 Å². The van der Waals surface area contributed by atoms with Crippen molar-refractivity contribution >= 4 is 43.7 Å². The van der Waals surface area contributed by atoms with Gasteiger partial charge in [0, 0.05) is 0 Å². The van der Waals surface area contributed by atoms with Crippen molar-refractivity contribution in [2.75, 3.05) is 12.5 Å². The molecule has 0 radical (unpaired) electrons. The Morgan fingerprint density at radius 3 is 2.77 bits per heavy atom. The standard InChI is InChI=1S/C9H9O3.C6H9ClN2.In/c10-6-9(11)12-7-8-4-2-1-3-5-8;7-4-2-1-3-6(9)5-8;/h1-5H,6-7H2;6H,1,3-4,9H2;/q-1;;+1/t;6-;/m.0./s1. The van der Waals surface area contributed by atoms with Crippen LogP contribution in [0.5, 0.6) is 0 Å². The van der Waals surface area contributed by atoms with E-state index in [-0.39, 0.29) is 19.2 Å². The normalized spacial score (nSPS) is 12.0. The zero-order valence-electron chi connectivity index (χ0n) is 12.2. The van der Waals surface area contributed by atoms with Crippen LogP contribution in [0, 0.1) is 11.3 Å². The van der Waals surface area contributed by atoms with Crippen LogP contribution in [-0.2, 0) is 19.0 Å². The molecule has 0 saturated carbocycles.